The van der Waals surface area contributed by atoms with Crippen LogP contribution < -0.4 is 15.2 Å². The number of H-pyrrole nitrogens is 1. The van der Waals surface area contributed by atoms with E-state index in [1.54, 1.807) is 14.0 Å². The van der Waals surface area contributed by atoms with E-state index >= 15 is 0 Å². The second-order valence-electron chi connectivity index (χ2n) is 6.12. The van der Waals surface area contributed by atoms with Crippen LogP contribution in [0.1, 0.15) is 26.0 Å². The number of rotatable bonds is 7. The summed E-state index contributed by atoms with van der Waals surface area (Å²) in [5, 5.41) is 13.3. The molecule has 0 aliphatic rings. The number of benzene rings is 1. The lowest BCUT2D eigenvalue weighted by Gasteiger charge is -2.12. The van der Waals surface area contributed by atoms with E-state index in [0.717, 1.165) is 6.42 Å². The predicted octanol–water partition coefficient (Wildman–Crippen LogP) is 1.34. The molecular weight excluding hydrogens is 386 g/mol. The highest BCUT2D eigenvalue weighted by Gasteiger charge is 2.20. The maximum absolute atomic E-state index is 12.7. The quantitative estimate of drug-likeness (QED) is 0.502. The van der Waals surface area contributed by atoms with Crippen molar-refractivity contribution >= 4 is 21.1 Å². The Morgan fingerprint density at radius 3 is 2.71 bits per heavy atom. The van der Waals surface area contributed by atoms with Crippen LogP contribution in [0.25, 0.3) is 22.4 Å². The number of ether oxygens (including phenoxy) is 1. The van der Waals surface area contributed by atoms with Gasteiger partial charge in [-0.2, -0.15) is 5.10 Å². The normalized spacial score (nSPS) is 11.9. The van der Waals surface area contributed by atoms with Crippen molar-refractivity contribution in [2.24, 2.45) is 7.05 Å². The van der Waals surface area contributed by atoms with Crippen molar-refractivity contribution in [2.75, 3.05) is 6.61 Å². The van der Waals surface area contributed by atoms with Gasteiger partial charge in [0, 0.05) is 7.05 Å². The summed E-state index contributed by atoms with van der Waals surface area (Å²) >= 11 is 0. The summed E-state index contributed by atoms with van der Waals surface area (Å²) in [6.45, 7) is 4.11. The third-order valence-corrected chi connectivity index (χ3v) is 5.30. The van der Waals surface area contributed by atoms with Gasteiger partial charge in [-0.3, -0.25) is 9.48 Å². The molecule has 0 radical (unpaired) electrons. The SMILES string of the molecule is CCCc1nn(C)c2c(=O)[nH]c(-c3cc(S(=O)(=O)NO)ccc3OCC)nc12. The van der Waals surface area contributed by atoms with E-state index in [1.165, 1.54) is 27.8 Å². The van der Waals surface area contributed by atoms with Crippen molar-refractivity contribution in [1.29, 1.82) is 0 Å². The average molecular weight is 407 g/mol. The van der Waals surface area contributed by atoms with Crippen molar-refractivity contribution < 1.29 is 18.4 Å². The zero-order valence-corrected chi connectivity index (χ0v) is 16.5. The van der Waals surface area contributed by atoms with Crippen LogP contribution in [0, 0.1) is 0 Å². The molecule has 0 aliphatic carbocycles. The number of sulfonamides is 1. The second kappa shape index (κ2) is 7.70. The van der Waals surface area contributed by atoms with Gasteiger partial charge in [0.25, 0.3) is 15.6 Å². The Morgan fingerprint density at radius 2 is 2.07 bits per heavy atom. The summed E-state index contributed by atoms with van der Waals surface area (Å²) in [6, 6.07) is 4.02. The topological polar surface area (TPSA) is 139 Å². The molecule has 0 fully saturated rings. The molecule has 0 unspecified atom stereocenters. The lowest BCUT2D eigenvalue weighted by Crippen LogP contribution is -2.19. The maximum atomic E-state index is 12.7. The number of hydrogen-bond acceptors (Lipinski definition) is 7. The zero-order chi connectivity index (χ0) is 20.5. The Hall–Kier alpha value is -2.76. The lowest BCUT2D eigenvalue weighted by atomic mass is 10.1. The molecule has 150 valence electrons. The van der Waals surface area contributed by atoms with Gasteiger partial charge in [0.2, 0.25) is 0 Å². The van der Waals surface area contributed by atoms with Gasteiger partial charge in [-0.15, -0.1) is 0 Å². The van der Waals surface area contributed by atoms with Crippen molar-refractivity contribution in [3.8, 4) is 17.1 Å². The first-order valence-electron chi connectivity index (χ1n) is 8.71. The van der Waals surface area contributed by atoms with Crippen molar-refractivity contribution in [3.05, 3.63) is 34.2 Å². The lowest BCUT2D eigenvalue weighted by molar-refractivity contribution is 0.242. The molecule has 0 aliphatic heterocycles. The molecule has 3 aromatic rings. The van der Waals surface area contributed by atoms with Crippen LogP contribution in [0.2, 0.25) is 0 Å². The fraction of sp³-hybridized carbons (Fsp3) is 0.353. The fourth-order valence-corrected chi connectivity index (χ4v) is 3.60. The first-order chi connectivity index (χ1) is 13.3. The average Bonchev–Trinajstić information content (AvgIpc) is 2.98. The molecule has 1 aromatic carbocycles. The third-order valence-electron chi connectivity index (χ3n) is 4.19. The minimum absolute atomic E-state index is 0.154. The van der Waals surface area contributed by atoms with Gasteiger partial charge >= 0.3 is 0 Å². The molecule has 11 heteroatoms. The van der Waals surface area contributed by atoms with Gasteiger partial charge in [-0.1, -0.05) is 18.2 Å². The Morgan fingerprint density at radius 1 is 1.32 bits per heavy atom. The van der Waals surface area contributed by atoms with Crippen LogP contribution in [-0.2, 0) is 23.5 Å². The molecule has 0 saturated carbocycles. The van der Waals surface area contributed by atoms with Crippen molar-refractivity contribution in [3.63, 3.8) is 0 Å². The van der Waals surface area contributed by atoms with Crippen LogP contribution in [-0.4, -0.2) is 40.0 Å². The van der Waals surface area contributed by atoms with E-state index in [4.69, 9.17) is 9.94 Å². The monoisotopic (exact) mass is 407 g/mol. The minimum atomic E-state index is -4.11. The molecule has 0 spiro atoms. The Bertz CT molecular complexity index is 1180. The van der Waals surface area contributed by atoms with E-state index < -0.39 is 15.6 Å². The number of aromatic amines is 1. The van der Waals surface area contributed by atoms with E-state index in [1.807, 2.05) is 6.92 Å². The largest absolute Gasteiger partial charge is 0.493 e. The molecule has 0 saturated heterocycles. The van der Waals surface area contributed by atoms with E-state index in [-0.39, 0.29) is 16.3 Å². The maximum Gasteiger partial charge on any atom is 0.277 e. The van der Waals surface area contributed by atoms with Crippen LogP contribution >= 0.6 is 0 Å². The van der Waals surface area contributed by atoms with Crippen LogP contribution in [0.5, 0.6) is 5.75 Å². The first kappa shape index (κ1) is 20.0. The molecule has 2 heterocycles. The molecule has 28 heavy (non-hydrogen) atoms. The molecule has 10 nitrogen and oxygen atoms in total. The summed E-state index contributed by atoms with van der Waals surface area (Å²) in [5.74, 6) is 0.504. The number of fused-ring (bicyclic) bond motifs is 1. The molecule has 3 rings (SSSR count). The van der Waals surface area contributed by atoms with Crippen LogP contribution in [0.15, 0.2) is 27.9 Å². The molecule has 0 amide bonds. The molecule has 0 bridgehead atoms. The van der Waals surface area contributed by atoms with E-state index in [9.17, 15) is 13.2 Å². The summed E-state index contributed by atoms with van der Waals surface area (Å²) in [4.78, 5) is 21.0. The van der Waals surface area contributed by atoms with Crippen LogP contribution in [0.3, 0.4) is 0 Å². The van der Waals surface area contributed by atoms with Gasteiger partial charge < -0.3 is 14.9 Å². The summed E-state index contributed by atoms with van der Waals surface area (Å²) in [6.07, 6.45) is 1.48. The van der Waals surface area contributed by atoms with E-state index in [0.29, 0.717) is 35.5 Å². The van der Waals surface area contributed by atoms with Gasteiger partial charge in [0.1, 0.15) is 17.1 Å². The second-order valence-corrected chi connectivity index (χ2v) is 7.78. The highest BCUT2D eigenvalue weighted by atomic mass is 32.2. The number of nitrogens with zero attached hydrogens (tertiary/aromatic N) is 3. The van der Waals surface area contributed by atoms with Gasteiger partial charge in [-0.25, -0.2) is 13.4 Å². The van der Waals surface area contributed by atoms with Gasteiger partial charge in [-0.05, 0) is 31.5 Å². The van der Waals surface area contributed by atoms with Crippen molar-refractivity contribution in [2.45, 2.75) is 31.6 Å². The third kappa shape index (κ3) is 3.51. The van der Waals surface area contributed by atoms with Gasteiger partial charge in [0.15, 0.2) is 5.52 Å². The number of aromatic nitrogens is 4. The summed E-state index contributed by atoms with van der Waals surface area (Å²) in [7, 11) is -2.44. The smallest absolute Gasteiger partial charge is 0.277 e. The highest BCUT2D eigenvalue weighted by molar-refractivity contribution is 7.89. The molecule has 2 aromatic heterocycles. The fourth-order valence-electron chi connectivity index (χ4n) is 2.97. The van der Waals surface area contributed by atoms with E-state index in [2.05, 4.69) is 15.1 Å². The number of nitrogens with one attached hydrogen (secondary N) is 2. The standard InChI is InChI=1S/C17H21N5O5S/c1-4-6-12-14-15(22(3)20-12)17(23)19-16(18-14)11-9-10(28(25,26)21-24)7-8-13(11)27-5-2/h7-9,21,24H,4-6H2,1-3H3,(H,18,19,23). The zero-order valence-electron chi connectivity index (χ0n) is 15.7. The highest BCUT2D eigenvalue weighted by Crippen LogP contribution is 2.31. The summed E-state index contributed by atoms with van der Waals surface area (Å²) in [5.41, 5.74) is 1.37. The predicted molar refractivity (Wildman–Crippen MR) is 102 cm³/mol. The minimum Gasteiger partial charge on any atom is -0.493 e. The summed E-state index contributed by atoms with van der Waals surface area (Å²) < 4.78 is 31.0. The Balaban J connectivity index is 2.30. The Labute approximate surface area is 161 Å². The number of aryl methyl sites for hydroxylation is 2. The molecule has 3 N–H and O–H groups in total. The first-order valence-corrected chi connectivity index (χ1v) is 10.2. The Kier molecular flexibility index (Phi) is 5.49. The van der Waals surface area contributed by atoms with Crippen LogP contribution in [0.4, 0.5) is 0 Å². The molecule has 0 atom stereocenters. The number of hydrogen-bond donors (Lipinski definition) is 3. The van der Waals surface area contributed by atoms with Gasteiger partial charge in [0.05, 0.1) is 22.8 Å². The molecular formula is C17H21N5O5S. The van der Waals surface area contributed by atoms with Crippen molar-refractivity contribution in [1.82, 2.24) is 24.6 Å².